The van der Waals surface area contributed by atoms with E-state index in [4.69, 9.17) is 5.73 Å². The molecule has 0 aliphatic rings. The largest absolute Gasteiger partial charge is 0.396 e. The standard InChI is InChI=1S/C12H15F3N2O.ClH/c13-12(14,15)10(8-11(18)17-7-6-16)9-4-2-1-3-5-9;/h1-5,10H,6-8,16H2,(H,17,18);1H. The third-order valence-corrected chi connectivity index (χ3v) is 2.45. The van der Waals surface area contributed by atoms with Crippen LogP contribution >= 0.6 is 12.4 Å². The maximum Gasteiger partial charge on any atom is 0.396 e. The van der Waals surface area contributed by atoms with Crippen molar-refractivity contribution in [2.45, 2.75) is 18.5 Å². The monoisotopic (exact) mass is 296 g/mol. The van der Waals surface area contributed by atoms with Crippen LogP contribution in [0.2, 0.25) is 0 Å². The van der Waals surface area contributed by atoms with Crippen LogP contribution in [0.25, 0.3) is 0 Å². The first-order valence-corrected chi connectivity index (χ1v) is 5.53. The number of nitrogens with one attached hydrogen (secondary N) is 1. The summed E-state index contributed by atoms with van der Waals surface area (Å²) in [5.74, 6) is -2.43. The Balaban J connectivity index is 0.00000324. The van der Waals surface area contributed by atoms with E-state index >= 15 is 0 Å². The van der Waals surface area contributed by atoms with Gasteiger partial charge in [-0.2, -0.15) is 13.2 Å². The van der Waals surface area contributed by atoms with Gasteiger partial charge in [-0.25, -0.2) is 0 Å². The van der Waals surface area contributed by atoms with Gasteiger partial charge in [0.05, 0.1) is 5.92 Å². The second-order valence-electron chi connectivity index (χ2n) is 3.85. The van der Waals surface area contributed by atoms with Crippen molar-refractivity contribution in [2.24, 2.45) is 5.73 Å². The molecule has 0 fully saturated rings. The van der Waals surface area contributed by atoms with Crippen LogP contribution in [0, 0.1) is 0 Å². The highest BCUT2D eigenvalue weighted by atomic mass is 35.5. The molecule has 0 bridgehead atoms. The van der Waals surface area contributed by atoms with Gasteiger partial charge in [0.25, 0.3) is 0 Å². The second-order valence-corrected chi connectivity index (χ2v) is 3.85. The van der Waals surface area contributed by atoms with Crippen LogP contribution in [-0.4, -0.2) is 25.2 Å². The van der Waals surface area contributed by atoms with E-state index in [0.29, 0.717) is 0 Å². The van der Waals surface area contributed by atoms with Crippen molar-refractivity contribution in [2.75, 3.05) is 13.1 Å². The van der Waals surface area contributed by atoms with E-state index in [2.05, 4.69) is 5.32 Å². The predicted octanol–water partition coefficient (Wildman–Crippen LogP) is 2.22. The lowest BCUT2D eigenvalue weighted by Gasteiger charge is -2.20. The minimum absolute atomic E-state index is 0. The molecule has 0 aromatic heterocycles. The van der Waals surface area contributed by atoms with Crippen molar-refractivity contribution in [1.29, 1.82) is 0 Å². The van der Waals surface area contributed by atoms with Gasteiger partial charge in [0, 0.05) is 19.5 Å². The molecule has 3 nitrogen and oxygen atoms in total. The molecule has 0 saturated carbocycles. The molecular formula is C12H16ClF3N2O. The third-order valence-electron chi connectivity index (χ3n) is 2.45. The molecule has 0 aliphatic heterocycles. The van der Waals surface area contributed by atoms with Crippen LogP contribution in [0.15, 0.2) is 30.3 Å². The Morgan fingerprint density at radius 3 is 2.32 bits per heavy atom. The highest BCUT2D eigenvalue weighted by Crippen LogP contribution is 2.37. The summed E-state index contributed by atoms with van der Waals surface area (Å²) in [5, 5.41) is 2.34. The topological polar surface area (TPSA) is 55.1 Å². The summed E-state index contributed by atoms with van der Waals surface area (Å²) in [5.41, 5.74) is 5.26. The van der Waals surface area contributed by atoms with Crippen LogP contribution in [0.5, 0.6) is 0 Å². The van der Waals surface area contributed by atoms with Crippen molar-refractivity contribution < 1.29 is 18.0 Å². The smallest absolute Gasteiger partial charge is 0.355 e. The molecule has 1 unspecified atom stereocenters. The van der Waals surface area contributed by atoms with Gasteiger partial charge in [0.2, 0.25) is 5.91 Å². The van der Waals surface area contributed by atoms with Crippen LogP contribution in [0.3, 0.4) is 0 Å². The van der Waals surface area contributed by atoms with Gasteiger partial charge in [-0.3, -0.25) is 4.79 Å². The van der Waals surface area contributed by atoms with Crippen LogP contribution in [0.1, 0.15) is 17.9 Å². The van der Waals surface area contributed by atoms with Gasteiger partial charge in [-0.1, -0.05) is 30.3 Å². The van der Waals surface area contributed by atoms with Crippen LogP contribution < -0.4 is 11.1 Å². The van der Waals surface area contributed by atoms with Crippen LogP contribution in [0.4, 0.5) is 13.2 Å². The molecule has 1 amide bonds. The summed E-state index contributed by atoms with van der Waals surface area (Å²) in [4.78, 5) is 11.4. The fourth-order valence-electron chi connectivity index (χ4n) is 1.58. The van der Waals surface area contributed by atoms with Gasteiger partial charge < -0.3 is 11.1 Å². The molecular weight excluding hydrogens is 281 g/mol. The Labute approximate surface area is 115 Å². The lowest BCUT2D eigenvalue weighted by atomic mass is 9.95. The predicted molar refractivity (Wildman–Crippen MR) is 69.2 cm³/mol. The fourth-order valence-corrected chi connectivity index (χ4v) is 1.58. The number of hydrogen-bond donors (Lipinski definition) is 2. The quantitative estimate of drug-likeness (QED) is 0.875. The van der Waals surface area contributed by atoms with E-state index in [9.17, 15) is 18.0 Å². The zero-order chi connectivity index (χ0) is 13.6. The molecule has 1 rings (SSSR count). The Bertz CT molecular complexity index is 384. The first-order chi connectivity index (χ1) is 8.45. The van der Waals surface area contributed by atoms with E-state index < -0.39 is 24.4 Å². The Morgan fingerprint density at radius 2 is 1.84 bits per heavy atom. The Hall–Kier alpha value is -1.27. The summed E-state index contributed by atoms with van der Waals surface area (Å²) < 4.78 is 38.7. The number of amides is 1. The second kappa shape index (κ2) is 8.01. The number of carbonyl (C=O) groups is 1. The van der Waals surface area contributed by atoms with Crippen molar-refractivity contribution >= 4 is 18.3 Å². The Morgan fingerprint density at radius 1 is 1.26 bits per heavy atom. The van der Waals surface area contributed by atoms with Crippen molar-refractivity contribution in [3.05, 3.63) is 35.9 Å². The average molecular weight is 297 g/mol. The van der Waals surface area contributed by atoms with E-state index in [1.807, 2.05) is 0 Å². The average Bonchev–Trinajstić information content (AvgIpc) is 2.33. The molecule has 3 N–H and O–H groups in total. The van der Waals surface area contributed by atoms with Crippen molar-refractivity contribution in [3.63, 3.8) is 0 Å². The Kier molecular flexibility index (Phi) is 7.48. The molecule has 1 aromatic carbocycles. The number of nitrogens with two attached hydrogens (primary N) is 1. The molecule has 1 atom stereocenters. The molecule has 0 aliphatic carbocycles. The maximum absolute atomic E-state index is 12.9. The summed E-state index contributed by atoms with van der Waals surface area (Å²) in [6.45, 7) is 0.381. The molecule has 19 heavy (non-hydrogen) atoms. The molecule has 0 heterocycles. The highest BCUT2D eigenvalue weighted by Gasteiger charge is 2.41. The summed E-state index contributed by atoms with van der Waals surface area (Å²) in [7, 11) is 0. The van der Waals surface area contributed by atoms with E-state index in [1.54, 1.807) is 6.07 Å². The van der Waals surface area contributed by atoms with Crippen LogP contribution in [-0.2, 0) is 4.79 Å². The normalized spacial score (nSPS) is 12.4. The first kappa shape index (κ1) is 17.7. The lowest BCUT2D eigenvalue weighted by Crippen LogP contribution is -2.33. The van der Waals surface area contributed by atoms with Crippen molar-refractivity contribution in [1.82, 2.24) is 5.32 Å². The van der Waals surface area contributed by atoms with Gasteiger partial charge in [-0.15, -0.1) is 12.4 Å². The van der Waals surface area contributed by atoms with Gasteiger partial charge in [0.15, 0.2) is 0 Å². The summed E-state index contributed by atoms with van der Waals surface area (Å²) in [6.07, 6.45) is -5.06. The molecule has 0 spiro atoms. The minimum atomic E-state index is -4.44. The lowest BCUT2D eigenvalue weighted by molar-refractivity contribution is -0.157. The first-order valence-electron chi connectivity index (χ1n) is 5.53. The zero-order valence-corrected chi connectivity index (χ0v) is 10.9. The van der Waals surface area contributed by atoms with Gasteiger partial charge in [-0.05, 0) is 5.56 Å². The van der Waals surface area contributed by atoms with E-state index in [1.165, 1.54) is 24.3 Å². The van der Waals surface area contributed by atoms with E-state index in [0.717, 1.165) is 0 Å². The summed E-state index contributed by atoms with van der Waals surface area (Å²) in [6, 6.07) is 7.41. The number of halogens is 4. The van der Waals surface area contributed by atoms with Crippen molar-refractivity contribution in [3.8, 4) is 0 Å². The minimum Gasteiger partial charge on any atom is -0.355 e. The maximum atomic E-state index is 12.9. The van der Waals surface area contributed by atoms with Gasteiger partial charge >= 0.3 is 6.18 Å². The number of benzene rings is 1. The zero-order valence-electron chi connectivity index (χ0n) is 10.1. The highest BCUT2D eigenvalue weighted by molar-refractivity contribution is 5.85. The molecule has 0 radical (unpaired) electrons. The van der Waals surface area contributed by atoms with E-state index in [-0.39, 0.29) is 31.1 Å². The number of hydrogen-bond acceptors (Lipinski definition) is 2. The molecule has 7 heteroatoms. The SMILES string of the molecule is Cl.NCCNC(=O)CC(c1ccccc1)C(F)(F)F. The fraction of sp³-hybridized carbons (Fsp3) is 0.417. The number of alkyl halides is 3. The number of rotatable bonds is 5. The summed E-state index contributed by atoms with van der Waals surface area (Å²) >= 11 is 0. The molecule has 0 saturated heterocycles. The number of carbonyl (C=O) groups excluding carboxylic acids is 1. The van der Waals surface area contributed by atoms with Gasteiger partial charge in [0.1, 0.15) is 0 Å². The molecule has 108 valence electrons. The molecule has 1 aromatic rings. The third kappa shape index (κ3) is 5.94.